The number of rotatable bonds is 3. The maximum atomic E-state index is 12.8. The Bertz CT molecular complexity index is 700. The van der Waals surface area contributed by atoms with E-state index < -0.39 is 11.7 Å². The van der Waals surface area contributed by atoms with E-state index in [2.05, 4.69) is 0 Å². The van der Waals surface area contributed by atoms with E-state index in [-0.39, 0.29) is 24.6 Å². The molecular formula is C20H28N2O5. The van der Waals surface area contributed by atoms with Gasteiger partial charge in [0.2, 0.25) is 6.10 Å². The number of carbonyl (C=O) groups is 2. The van der Waals surface area contributed by atoms with Crippen molar-refractivity contribution < 1.29 is 23.8 Å². The lowest BCUT2D eigenvalue weighted by Crippen LogP contribution is -2.50. The molecule has 0 saturated carbocycles. The third-order valence-corrected chi connectivity index (χ3v) is 4.65. The average molecular weight is 376 g/mol. The largest absolute Gasteiger partial charge is 0.485 e. The van der Waals surface area contributed by atoms with Crippen molar-refractivity contribution in [2.24, 2.45) is 0 Å². The van der Waals surface area contributed by atoms with Crippen LogP contribution in [0, 0.1) is 0 Å². The molecule has 27 heavy (non-hydrogen) atoms. The molecule has 0 aromatic heterocycles. The van der Waals surface area contributed by atoms with E-state index in [9.17, 15) is 9.59 Å². The first kappa shape index (κ1) is 19.3. The minimum Gasteiger partial charge on any atom is -0.485 e. The summed E-state index contributed by atoms with van der Waals surface area (Å²) >= 11 is 0. The van der Waals surface area contributed by atoms with Gasteiger partial charge in [0.25, 0.3) is 5.91 Å². The summed E-state index contributed by atoms with van der Waals surface area (Å²) in [6, 6.07) is 7.26. The van der Waals surface area contributed by atoms with Gasteiger partial charge in [-0.1, -0.05) is 12.1 Å². The summed E-state index contributed by atoms with van der Waals surface area (Å²) in [5.74, 6) is 1.07. The number of nitrogens with zero attached hydrogens (tertiary/aromatic N) is 2. The third-order valence-electron chi connectivity index (χ3n) is 4.65. The zero-order valence-corrected chi connectivity index (χ0v) is 16.4. The second-order valence-corrected chi connectivity index (χ2v) is 8.05. The molecular weight excluding hydrogens is 348 g/mol. The standard InChI is InChI=1S/C20H28N2O5/c1-20(2,3)27-19(24)22-11-7-8-14(22)12-21(4)18(23)17-13-25-15-9-5-6-10-16(15)26-17/h5-6,9-10,14,17H,7-8,11-13H2,1-4H3/t14-,17-/m1/s1. The fourth-order valence-corrected chi connectivity index (χ4v) is 3.38. The normalized spacial score (nSPS) is 21.7. The number of carbonyl (C=O) groups excluding carboxylic acids is 2. The highest BCUT2D eigenvalue weighted by atomic mass is 16.6. The summed E-state index contributed by atoms with van der Waals surface area (Å²) < 4.78 is 16.9. The van der Waals surface area contributed by atoms with Crippen molar-refractivity contribution in [3.05, 3.63) is 24.3 Å². The highest BCUT2D eigenvalue weighted by molar-refractivity contribution is 5.81. The molecule has 0 N–H and O–H groups in total. The Hall–Kier alpha value is -2.44. The Morgan fingerprint density at radius 2 is 1.96 bits per heavy atom. The van der Waals surface area contributed by atoms with Crippen LogP contribution in [0.5, 0.6) is 11.5 Å². The predicted octanol–water partition coefficient (Wildman–Crippen LogP) is 2.68. The number of fused-ring (bicyclic) bond motifs is 1. The van der Waals surface area contributed by atoms with Crippen molar-refractivity contribution in [2.45, 2.75) is 51.4 Å². The zero-order valence-electron chi connectivity index (χ0n) is 16.4. The van der Waals surface area contributed by atoms with Gasteiger partial charge in [0.05, 0.1) is 6.04 Å². The quantitative estimate of drug-likeness (QED) is 0.811. The fourth-order valence-electron chi connectivity index (χ4n) is 3.38. The van der Waals surface area contributed by atoms with Crippen molar-refractivity contribution in [1.82, 2.24) is 9.80 Å². The molecule has 0 spiro atoms. The van der Waals surface area contributed by atoms with E-state index in [1.54, 1.807) is 22.9 Å². The van der Waals surface area contributed by atoms with Crippen molar-refractivity contribution in [1.29, 1.82) is 0 Å². The van der Waals surface area contributed by atoms with Crippen LogP contribution in [0.2, 0.25) is 0 Å². The Labute approximate surface area is 160 Å². The maximum Gasteiger partial charge on any atom is 0.410 e. The van der Waals surface area contributed by atoms with Crippen molar-refractivity contribution >= 4 is 12.0 Å². The van der Waals surface area contributed by atoms with Gasteiger partial charge < -0.3 is 24.0 Å². The maximum absolute atomic E-state index is 12.8. The molecule has 0 unspecified atom stereocenters. The first-order chi connectivity index (χ1) is 12.7. The van der Waals surface area contributed by atoms with Gasteiger partial charge in [-0.15, -0.1) is 0 Å². The lowest BCUT2D eigenvalue weighted by Gasteiger charge is -2.33. The highest BCUT2D eigenvalue weighted by Gasteiger charge is 2.36. The summed E-state index contributed by atoms with van der Waals surface area (Å²) in [6.07, 6.45) is 0.752. The molecule has 1 aromatic carbocycles. The van der Waals surface area contributed by atoms with Crippen LogP contribution < -0.4 is 9.47 Å². The van der Waals surface area contributed by atoms with Crippen LogP contribution in [-0.2, 0) is 9.53 Å². The molecule has 1 saturated heterocycles. The SMILES string of the molecule is CN(C[C@H]1CCCN1C(=O)OC(C)(C)C)C(=O)[C@H]1COc2ccccc2O1. The Morgan fingerprint density at radius 3 is 2.67 bits per heavy atom. The molecule has 1 fully saturated rings. The van der Waals surface area contributed by atoms with Crippen LogP contribution >= 0.6 is 0 Å². The van der Waals surface area contributed by atoms with Crippen LogP contribution in [0.15, 0.2) is 24.3 Å². The van der Waals surface area contributed by atoms with E-state index in [4.69, 9.17) is 14.2 Å². The van der Waals surface area contributed by atoms with Gasteiger partial charge >= 0.3 is 6.09 Å². The monoisotopic (exact) mass is 376 g/mol. The van der Waals surface area contributed by atoms with Crippen molar-refractivity contribution in [2.75, 3.05) is 26.7 Å². The number of para-hydroxylation sites is 2. The minimum atomic E-state index is -0.679. The molecule has 0 radical (unpaired) electrons. The Morgan fingerprint density at radius 1 is 1.26 bits per heavy atom. The molecule has 148 valence electrons. The third kappa shape index (κ3) is 4.64. The molecule has 0 aliphatic carbocycles. The molecule has 1 aromatic rings. The van der Waals surface area contributed by atoms with Crippen LogP contribution in [-0.4, -0.2) is 66.3 Å². The van der Waals surface area contributed by atoms with Gasteiger partial charge in [0, 0.05) is 20.1 Å². The number of amides is 2. The smallest absolute Gasteiger partial charge is 0.410 e. The van der Waals surface area contributed by atoms with Crippen molar-refractivity contribution in [3.8, 4) is 11.5 Å². The molecule has 2 amide bonds. The fraction of sp³-hybridized carbons (Fsp3) is 0.600. The molecule has 2 aliphatic rings. The van der Waals surface area contributed by atoms with Crippen LogP contribution in [0.3, 0.4) is 0 Å². The second-order valence-electron chi connectivity index (χ2n) is 8.05. The molecule has 2 heterocycles. The summed E-state index contributed by atoms with van der Waals surface area (Å²) in [5.41, 5.74) is -0.535. The van der Waals surface area contributed by atoms with Crippen LogP contribution in [0.4, 0.5) is 4.79 Å². The van der Waals surface area contributed by atoms with Gasteiger partial charge in [-0.3, -0.25) is 4.79 Å². The van der Waals surface area contributed by atoms with Gasteiger partial charge in [0.1, 0.15) is 12.2 Å². The molecule has 7 nitrogen and oxygen atoms in total. The lowest BCUT2D eigenvalue weighted by atomic mass is 10.2. The first-order valence-electron chi connectivity index (χ1n) is 9.37. The lowest BCUT2D eigenvalue weighted by molar-refractivity contribution is -0.140. The first-order valence-corrected chi connectivity index (χ1v) is 9.37. The summed E-state index contributed by atoms with van der Waals surface area (Å²) in [4.78, 5) is 28.5. The summed E-state index contributed by atoms with van der Waals surface area (Å²) in [6.45, 7) is 6.83. The number of hydrogen-bond donors (Lipinski definition) is 0. The van der Waals surface area contributed by atoms with Gasteiger partial charge in [-0.05, 0) is 45.7 Å². The summed E-state index contributed by atoms with van der Waals surface area (Å²) in [7, 11) is 1.73. The number of hydrogen-bond acceptors (Lipinski definition) is 5. The predicted molar refractivity (Wildman–Crippen MR) is 100.0 cm³/mol. The van der Waals surface area contributed by atoms with E-state index in [0.717, 1.165) is 12.8 Å². The second kappa shape index (κ2) is 7.66. The number of ether oxygens (including phenoxy) is 3. The molecule has 2 atom stereocenters. The molecule has 3 rings (SSSR count). The van der Waals surface area contributed by atoms with E-state index in [1.807, 2.05) is 39.0 Å². The highest BCUT2D eigenvalue weighted by Crippen LogP contribution is 2.31. The Kier molecular flexibility index (Phi) is 5.48. The summed E-state index contributed by atoms with van der Waals surface area (Å²) in [5, 5.41) is 0. The number of likely N-dealkylation sites (tertiary alicyclic amines) is 1. The van der Waals surface area contributed by atoms with E-state index in [1.165, 1.54) is 0 Å². The zero-order chi connectivity index (χ0) is 19.6. The van der Waals surface area contributed by atoms with Crippen molar-refractivity contribution in [3.63, 3.8) is 0 Å². The topological polar surface area (TPSA) is 68.3 Å². The molecule has 7 heteroatoms. The molecule has 0 bridgehead atoms. The Balaban J connectivity index is 1.58. The average Bonchev–Trinajstić information content (AvgIpc) is 3.07. The van der Waals surface area contributed by atoms with E-state index >= 15 is 0 Å². The molecule has 2 aliphatic heterocycles. The number of likely N-dealkylation sites (N-methyl/N-ethyl adjacent to an activating group) is 1. The van der Waals surface area contributed by atoms with Gasteiger partial charge in [-0.2, -0.15) is 0 Å². The number of benzene rings is 1. The van der Waals surface area contributed by atoms with Gasteiger partial charge in [0.15, 0.2) is 11.5 Å². The minimum absolute atomic E-state index is 0.0504. The van der Waals surface area contributed by atoms with Crippen LogP contribution in [0.25, 0.3) is 0 Å². The van der Waals surface area contributed by atoms with Gasteiger partial charge in [-0.25, -0.2) is 4.79 Å². The van der Waals surface area contributed by atoms with Crippen LogP contribution in [0.1, 0.15) is 33.6 Å². The van der Waals surface area contributed by atoms with E-state index in [0.29, 0.717) is 24.6 Å².